The third-order valence-electron chi connectivity index (χ3n) is 4.00. The summed E-state index contributed by atoms with van der Waals surface area (Å²) in [5.41, 5.74) is 1.71. The first-order valence-corrected chi connectivity index (χ1v) is 10.3. The third-order valence-corrected chi connectivity index (χ3v) is 8.47. The van der Waals surface area contributed by atoms with Crippen molar-refractivity contribution in [2.75, 3.05) is 6.61 Å². The first-order valence-electron chi connectivity index (χ1n) is 7.39. The lowest BCUT2D eigenvalue weighted by molar-refractivity contribution is -0.142. The maximum atomic E-state index is 11.6. The van der Waals surface area contributed by atoms with Crippen molar-refractivity contribution in [3.8, 4) is 0 Å². The number of pyridine rings is 1. The first kappa shape index (κ1) is 17.8. The second kappa shape index (κ2) is 7.18. The lowest BCUT2D eigenvalue weighted by Gasteiger charge is -2.36. The van der Waals surface area contributed by atoms with Crippen LogP contribution in [0.3, 0.4) is 0 Å². The summed E-state index contributed by atoms with van der Waals surface area (Å²) in [4.78, 5) is 15.9. The molecular weight excluding hydrogens is 282 g/mol. The van der Waals surface area contributed by atoms with E-state index in [9.17, 15) is 4.79 Å². The molecule has 0 fully saturated rings. The van der Waals surface area contributed by atoms with Gasteiger partial charge in [0.2, 0.25) is 0 Å². The van der Waals surface area contributed by atoms with Crippen LogP contribution in [-0.4, -0.2) is 25.9 Å². The number of carbonyl (C=O) groups excluding carboxylic acids is 1. The number of ether oxygens (including phenoxy) is 1. The highest BCUT2D eigenvalue weighted by molar-refractivity contribution is 6.74. The average molecular weight is 309 g/mol. The Kier molecular flexibility index (Phi) is 6.10. The number of hydrogen-bond acceptors (Lipinski definition) is 4. The summed E-state index contributed by atoms with van der Waals surface area (Å²) >= 11 is 0. The van der Waals surface area contributed by atoms with E-state index in [0.717, 1.165) is 11.3 Å². The molecule has 0 spiro atoms. The number of rotatable bonds is 6. The van der Waals surface area contributed by atoms with E-state index in [0.29, 0.717) is 13.2 Å². The number of nitrogens with zero attached hydrogens (tertiary/aromatic N) is 1. The van der Waals surface area contributed by atoms with Gasteiger partial charge in [-0.15, -0.1) is 0 Å². The van der Waals surface area contributed by atoms with Crippen molar-refractivity contribution in [3.05, 3.63) is 29.6 Å². The van der Waals surface area contributed by atoms with Crippen LogP contribution in [0.15, 0.2) is 18.3 Å². The van der Waals surface area contributed by atoms with E-state index in [-0.39, 0.29) is 17.4 Å². The van der Waals surface area contributed by atoms with Gasteiger partial charge in [-0.3, -0.25) is 9.78 Å². The molecule has 5 heteroatoms. The Hall–Kier alpha value is -1.20. The maximum absolute atomic E-state index is 11.6. The van der Waals surface area contributed by atoms with Gasteiger partial charge in [-0.25, -0.2) is 0 Å². The fraction of sp³-hybridized carbons (Fsp3) is 0.625. The van der Waals surface area contributed by atoms with Crippen molar-refractivity contribution >= 4 is 14.3 Å². The minimum Gasteiger partial charge on any atom is -0.466 e. The molecule has 0 unspecified atom stereocenters. The predicted molar refractivity (Wildman–Crippen MR) is 86.6 cm³/mol. The van der Waals surface area contributed by atoms with E-state index in [2.05, 4.69) is 38.8 Å². The number of carbonyl (C=O) groups is 1. The first-order chi connectivity index (χ1) is 9.67. The monoisotopic (exact) mass is 309 g/mol. The number of aromatic nitrogens is 1. The zero-order valence-corrected chi connectivity index (χ0v) is 15.0. The molecule has 1 rings (SSSR count). The van der Waals surface area contributed by atoms with Gasteiger partial charge in [0.15, 0.2) is 8.32 Å². The fourth-order valence-corrected chi connectivity index (χ4v) is 2.53. The maximum Gasteiger partial charge on any atom is 0.311 e. The molecule has 21 heavy (non-hydrogen) atoms. The highest BCUT2D eigenvalue weighted by Crippen LogP contribution is 2.37. The second-order valence-corrected chi connectivity index (χ2v) is 11.4. The van der Waals surface area contributed by atoms with Gasteiger partial charge in [-0.05, 0) is 36.7 Å². The van der Waals surface area contributed by atoms with Crippen LogP contribution in [0.25, 0.3) is 0 Å². The van der Waals surface area contributed by atoms with E-state index in [1.54, 1.807) is 13.1 Å². The van der Waals surface area contributed by atoms with Crippen LogP contribution in [-0.2, 0) is 27.0 Å². The van der Waals surface area contributed by atoms with Gasteiger partial charge in [0.1, 0.15) is 0 Å². The Labute approximate surface area is 129 Å². The minimum atomic E-state index is -1.81. The van der Waals surface area contributed by atoms with E-state index in [4.69, 9.17) is 9.16 Å². The molecule has 0 aliphatic heterocycles. The Bertz CT molecular complexity index is 481. The van der Waals surface area contributed by atoms with E-state index < -0.39 is 8.32 Å². The largest absolute Gasteiger partial charge is 0.466 e. The van der Waals surface area contributed by atoms with Crippen molar-refractivity contribution in [3.63, 3.8) is 0 Å². The Balaban J connectivity index is 2.78. The van der Waals surface area contributed by atoms with Crippen molar-refractivity contribution < 1.29 is 14.0 Å². The van der Waals surface area contributed by atoms with Crippen molar-refractivity contribution in [2.45, 2.75) is 58.9 Å². The van der Waals surface area contributed by atoms with Gasteiger partial charge in [-0.2, -0.15) is 0 Å². The SMILES string of the molecule is CCOC(=O)Cc1ncccc1CO[Si](C)(C)C(C)(C)C. The van der Waals surface area contributed by atoms with Gasteiger partial charge in [-0.1, -0.05) is 26.8 Å². The van der Waals surface area contributed by atoms with E-state index >= 15 is 0 Å². The molecular formula is C16H27NO3Si. The van der Waals surface area contributed by atoms with Crippen LogP contribution < -0.4 is 0 Å². The Morgan fingerprint density at radius 2 is 2.00 bits per heavy atom. The van der Waals surface area contributed by atoms with Gasteiger partial charge in [0, 0.05) is 6.20 Å². The predicted octanol–water partition coefficient (Wildman–Crippen LogP) is 3.71. The highest BCUT2D eigenvalue weighted by atomic mass is 28.4. The summed E-state index contributed by atoms with van der Waals surface area (Å²) in [5, 5.41) is 0.163. The van der Waals surface area contributed by atoms with Gasteiger partial charge < -0.3 is 9.16 Å². The summed E-state index contributed by atoms with van der Waals surface area (Å²) in [6.07, 6.45) is 1.90. The van der Waals surface area contributed by atoms with E-state index in [1.807, 2.05) is 12.1 Å². The molecule has 4 nitrogen and oxygen atoms in total. The van der Waals surface area contributed by atoms with Crippen molar-refractivity contribution in [1.82, 2.24) is 4.98 Å². The summed E-state index contributed by atoms with van der Waals surface area (Å²) in [6.45, 7) is 13.8. The smallest absolute Gasteiger partial charge is 0.311 e. The van der Waals surface area contributed by atoms with Crippen LogP contribution in [0, 0.1) is 0 Å². The van der Waals surface area contributed by atoms with Crippen molar-refractivity contribution in [2.24, 2.45) is 0 Å². The molecule has 0 bridgehead atoms. The molecule has 0 saturated heterocycles. The van der Waals surface area contributed by atoms with Crippen LogP contribution in [0.2, 0.25) is 18.1 Å². The molecule has 1 heterocycles. The van der Waals surface area contributed by atoms with Crippen molar-refractivity contribution in [1.29, 1.82) is 0 Å². The molecule has 1 aromatic rings. The molecule has 118 valence electrons. The average Bonchev–Trinajstić information content (AvgIpc) is 2.36. The second-order valence-electron chi connectivity index (χ2n) is 6.64. The molecule has 0 N–H and O–H groups in total. The molecule has 0 aromatic carbocycles. The van der Waals surface area contributed by atoms with Crippen LogP contribution in [0.1, 0.15) is 39.0 Å². The minimum absolute atomic E-state index is 0.163. The summed E-state index contributed by atoms with van der Waals surface area (Å²) in [7, 11) is -1.81. The molecule has 0 aliphatic carbocycles. The third kappa shape index (κ3) is 5.25. The Morgan fingerprint density at radius 1 is 1.33 bits per heavy atom. The van der Waals surface area contributed by atoms with Gasteiger partial charge >= 0.3 is 5.97 Å². The van der Waals surface area contributed by atoms with E-state index in [1.165, 1.54) is 0 Å². The van der Waals surface area contributed by atoms with Gasteiger partial charge in [0.25, 0.3) is 0 Å². The number of esters is 1. The quantitative estimate of drug-likeness (QED) is 0.594. The summed E-state index contributed by atoms with van der Waals surface area (Å²) in [5.74, 6) is -0.246. The summed E-state index contributed by atoms with van der Waals surface area (Å²) in [6, 6.07) is 3.84. The molecule has 0 aliphatic rings. The normalized spacial score (nSPS) is 12.3. The molecule has 0 saturated carbocycles. The molecule has 0 radical (unpaired) electrons. The van der Waals surface area contributed by atoms with Crippen LogP contribution in [0.5, 0.6) is 0 Å². The van der Waals surface area contributed by atoms with Crippen LogP contribution in [0.4, 0.5) is 0 Å². The topological polar surface area (TPSA) is 48.4 Å². The lowest BCUT2D eigenvalue weighted by Crippen LogP contribution is -2.40. The van der Waals surface area contributed by atoms with Gasteiger partial charge in [0.05, 0.1) is 25.3 Å². The zero-order valence-electron chi connectivity index (χ0n) is 14.0. The standard InChI is InChI=1S/C16H27NO3Si/c1-7-19-15(18)11-14-13(9-8-10-17-14)12-20-21(5,6)16(2,3)4/h8-10H,7,11-12H2,1-6H3. The molecule has 1 aromatic heterocycles. The number of hydrogen-bond donors (Lipinski definition) is 0. The molecule has 0 atom stereocenters. The zero-order chi connectivity index (χ0) is 16.1. The van der Waals surface area contributed by atoms with Crippen LogP contribution >= 0.6 is 0 Å². The Morgan fingerprint density at radius 3 is 2.57 bits per heavy atom. The lowest BCUT2D eigenvalue weighted by atomic mass is 10.1. The summed E-state index contributed by atoms with van der Waals surface area (Å²) < 4.78 is 11.2. The fourth-order valence-electron chi connectivity index (χ4n) is 1.59. The molecule has 0 amide bonds. The highest BCUT2D eigenvalue weighted by Gasteiger charge is 2.37.